The van der Waals surface area contributed by atoms with Crippen molar-refractivity contribution in [3.8, 4) is 0 Å². The van der Waals surface area contributed by atoms with Crippen LogP contribution in [0.1, 0.15) is 80.8 Å². The summed E-state index contributed by atoms with van der Waals surface area (Å²) in [6.07, 6.45) is 11.7. The quantitative estimate of drug-likeness (QED) is 0.710. The zero-order chi connectivity index (χ0) is 17.4. The van der Waals surface area contributed by atoms with Crippen LogP contribution in [-0.2, 0) is 5.41 Å². The molecule has 1 spiro atoms. The first-order chi connectivity index (χ1) is 12.0. The van der Waals surface area contributed by atoms with E-state index in [9.17, 15) is 0 Å². The topological polar surface area (TPSA) is 16.1 Å². The molecular formula is C23H34N2. The third-order valence-corrected chi connectivity index (χ3v) is 8.68. The molecule has 3 aliphatic heterocycles. The largest absolute Gasteiger partial charge is 0.294 e. The molecule has 1 aromatic heterocycles. The van der Waals surface area contributed by atoms with Crippen LogP contribution in [0, 0.1) is 32.6 Å². The highest BCUT2D eigenvalue weighted by Crippen LogP contribution is 2.64. The predicted molar refractivity (Wildman–Crippen MR) is 103 cm³/mol. The normalized spacial score (nSPS) is 41.4. The van der Waals surface area contributed by atoms with Crippen LogP contribution >= 0.6 is 0 Å². The van der Waals surface area contributed by atoms with Gasteiger partial charge in [0.05, 0.1) is 0 Å². The lowest BCUT2D eigenvalue weighted by atomic mass is 9.46. The van der Waals surface area contributed by atoms with Crippen molar-refractivity contribution < 1.29 is 0 Å². The Labute approximate surface area is 153 Å². The lowest BCUT2D eigenvalue weighted by Crippen LogP contribution is -2.75. The molecule has 4 bridgehead atoms. The number of rotatable bonds is 1. The van der Waals surface area contributed by atoms with Crippen molar-refractivity contribution in [3.05, 3.63) is 28.6 Å². The van der Waals surface area contributed by atoms with Crippen molar-refractivity contribution in [2.75, 3.05) is 6.54 Å². The molecule has 1 aromatic rings. The van der Waals surface area contributed by atoms with E-state index < -0.39 is 0 Å². The van der Waals surface area contributed by atoms with Gasteiger partial charge in [-0.1, -0.05) is 19.3 Å². The van der Waals surface area contributed by atoms with Gasteiger partial charge in [0.1, 0.15) is 0 Å². The van der Waals surface area contributed by atoms with Gasteiger partial charge in [-0.05, 0) is 88.8 Å². The molecule has 5 atom stereocenters. The van der Waals surface area contributed by atoms with Gasteiger partial charge in [0.25, 0.3) is 0 Å². The molecular weight excluding hydrogens is 304 g/mol. The molecule has 3 saturated heterocycles. The second kappa shape index (κ2) is 5.31. The minimum absolute atomic E-state index is 0.364. The highest BCUT2D eigenvalue weighted by atomic mass is 15.3. The van der Waals surface area contributed by atoms with Crippen LogP contribution in [0.15, 0.2) is 6.07 Å². The van der Waals surface area contributed by atoms with Crippen LogP contribution in [-0.4, -0.2) is 28.0 Å². The summed E-state index contributed by atoms with van der Waals surface area (Å²) >= 11 is 0. The monoisotopic (exact) mass is 338 g/mol. The van der Waals surface area contributed by atoms with Crippen molar-refractivity contribution in [2.24, 2.45) is 11.8 Å². The number of nitrogens with zero attached hydrogens (tertiary/aromatic N) is 2. The van der Waals surface area contributed by atoms with Gasteiger partial charge in [0, 0.05) is 34.9 Å². The Hall–Kier alpha value is -0.890. The number of aryl methyl sites for hydroxylation is 3. The SMILES string of the molecule is Cc1cc(C)c(C23CC4CC(C2)C2(CCCCC2)N(C4)C3C)c(C)n1. The molecule has 2 aliphatic carbocycles. The van der Waals surface area contributed by atoms with Gasteiger partial charge >= 0.3 is 0 Å². The molecule has 0 N–H and O–H groups in total. The first-order valence-corrected chi connectivity index (χ1v) is 10.7. The van der Waals surface area contributed by atoms with Crippen LogP contribution in [0.3, 0.4) is 0 Å². The Balaban J connectivity index is 1.63. The zero-order valence-electron chi connectivity index (χ0n) is 16.6. The molecule has 136 valence electrons. The second-order valence-electron chi connectivity index (χ2n) is 9.90. The molecule has 25 heavy (non-hydrogen) atoms. The molecule has 6 rings (SSSR count). The van der Waals surface area contributed by atoms with Crippen molar-refractivity contribution >= 4 is 0 Å². The minimum Gasteiger partial charge on any atom is -0.294 e. The lowest BCUT2D eigenvalue weighted by Gasteiger charge is -2.71. The first kappa shape index (κ1) is 16.3. The Kier molecular flexibility index (Phi) is 3.46. The van der Waals surface area contributed by atoms with E-state index in [1.165, 1.54) is 74.9 Å². The molecule has 0 radical (unpaired) electrons. The van der Waals surface area contributed by atoms with Gasteiger partial charge in [0.2, 0.25) is 0 Å². The molecule has 5 fully saturated rings. The minimum atomic E-state index is 0.364. The summed E-state index contributed by atoms with van der Waals surface area (Å²) in [4.78, 5) is 7.94. The maximum atomic E-state index is 4.91. The smallest absolute Gasteiger partial charge is 0.0416 e. The fraction of sp³-hybridized carbons (Fsp3) is 0.783. The predicted octanol–water partition coefficient (Wildman–Crippen LogP) is 5.08. The van der Waals surface area contributed by atoms with E-state index in [0.29, 0.717) is 17.0 Å². The second-order valence-corrected chi connectivity index (χ2v) is 9.90. The Bertz CT molecular complexity index is 679. The molecule has 5 unspecified atom stereocenters. The van der Waals surface area contributed by atoms with Gasteiger partial charge in [-0.3, -0.25) is 9.88 Å². The average molecular weight is 339 g/mol. The van der Waals surface area contributed by atoms with E-state index in [0.717, 1.165) is 11.8 Å². The highest BCUT2D eigenvalue weighted by molar-refractivity contribution is 5.42. The third-order valence-electron chi connectivity index (χ3n) is 8.68. The van der Waals surface area contributed by atoms with E-state index in [-0.39, 0.29) is 0 Å². The first-order valence-electron chi connectivity index (χ1n) is 10.7. The van der Waals surface area contributed by atoms with Crippen LogP contribution in [0.4, 0.5) is 0 Å². The summed E-state index contributed by atoms with van der Waals surface area (Å²) in [5.74, 6) is 1.85. The van der Waals surface area contributed by atoms with Gasteiger partial charge < -0.3 is 0 Å². The Morgan fingerprint density at radius 2 is 1.84 bits per heavy atom. The number of aromatic nitrogens is 1. The van der Waals surface area contributed by atoms with E-state index in [4.69, 9.17) is 4.98 Å². The van der Waals surface area contributed by atoms with Crippen molar-refractivity contribution in [3.63, 3.8) is 0 Å². The lowest BCUT2D eigenvalue weighted by molar-refractivity contribution is -0.182. The average Bonchev–Trinajstić information content (AvgIpc) is 2.56. The van der Waals surface area contributed by atoms with E-state index >= 15 is 0 Å². The summed E-state index contributed by atoms with van der Waals surface area (Å²) in [6, 6.07) is 3.01. The molecule has 0 amide bonds. The summed E-state index contributed by atoms with van der Waals surface area (Å²) in [5.41, 5.74) is 6.53. The standard InChI is InChI=1S/C23H34N2/c1-15-10-16(2)24-17(3)21(15)22-12-19-11-20(13-22)23(8-6-5-7-9-23)25(14-19)18(22)4/h10,18-20H,5-9,11-14H2,1-4H3. The molecule has 5 aliphatic rings. The van der Waals surface area contributed by atoms with Crippen LogP contribution in [0.25, 0.3) is 0 Å². The summed E-state index contributed by atoms with van der Waals surface area (Å²) in [6.45, 7) is 10.7. The Morgan fingerprint density at radius 1 is 1.08 bits per heavy atom. The fourth-order valence-electron chi connectivity index (χ4n) is 8.08. The van der Waals surface area contributed by atoms with E-state index in [1.54, 1.807) is 5.56 Å². The van der Waals surface area contributed by atoms with Gasteiger partial charge in [-0.25, -0.2) is 0 Å². The van der Waals surface area contributed by atoms with E-state index in [2.05, 4.69) is 38.7 Å². The van der Waals surface area contributed by atoms with Crippen molar-refractivity contribution in [2.45, 2.75) is 96.1 Å². The van der Waals surface area contributed by atoms with Gasteiger partial charge in [-0.15, -0.1) is 0 Å². The summed E-state index contributed by atoms with van der Waals surface area (Å²) in [7, 11) is 0. The number of piperidine rings is 3. The van der Waals surface area contributed by atoms with Crippen molar-refractivity contribution in [1.29, 1.82) is 0 Å². The molecule has 2 saturated carbocycles. The van der Waals surface area contributed by atoms with Gasteiger partial charge in [-0.2, -0.15) is 0 Å². The maximum absolute atomic E-state index is 4.91. The molecule has 2 heteroatoms. The van der Waals surface area contributed by atoms with E-state index in [1.807, 2.05) is 0 Å². The Morgan fingerprint density at radius 3 is 2.56 bits per heavy atom. The fourth-order valence-corrected chi connectivity index (χ4v) is 8.08. The zero-order valence-corrected chi connectivity index (χ0v) is 16.6. The summed E-state index contributed by atoms with van der Waals surface area (Å²) in [5, 5.41) is 0. The highest BCUT2D eigenvalue weighted by Gasteiger charge is 2.64. The van der Waals surface area contributed by atoms with Crippen LogP contribution in [0.2, 0.25) is 0 Å². The number of hydrogen-bond donors (Lipinski definition) is 0. The van der Waals surface area contributed by atoms with Crippen molar-refractivity contribution in [1.82, 2.24) is 9.88 Å². The maximum Gasteiger partial charge on any atom is 0.0416 e. The molecule has 0 aromatic carbocycles. The molecule has 4 heterocycles. The van der Waals surface area contributed by atoms with Crippen LogP contribution in [0.5, 0.6) is 0 Å². The molecule has 2 nitrogen and oxygen atoms in total. The number of hydrogen-bond acceptors (Lipinski definition) is 2. The van der Waals surface area contributed by atoms with Gasteiger partial charge in [0.15, 0.2) is 0 Å². The summed E-state index contributed by atoms with van der Waals surface area (Å²) < 4.78 is 0. The third kappa shape index (κ3) is 2.04. The van der Waals surface area contributed by atoms with Crippen LogP contribution < -0.4 is 0 Å². The number of pyridine rings is 1.